The summed E-state index contributed by atoms with van der Waals surface area (Å²) in [5.41, 5.74) is 0.989. The number of aliphatic hydroxyl groups excluding tert-OH is 1. The molecule has 2 nitrogen and oxygen atoms in total. The van der Waals surface area contributed by atoms with Gasteiger partial charge in [-0.2, -0.15) is 0 Å². The van der Waals surface area contributed by atoms with E-state index in [9.17, 15) is 5.11 Å². The molecular formula is C15H25NO. The smallest absolute Gasteiger partial charge is 0.0942 e. The van der Waals surface area contributed by atoms with Crippen LogP contribution in [-0.2, 0) is 0 Å². The number of aliphatic hydroxyl groups is 1. The van der Waals surface area contributed by atoms with Crippen molar-refractivity contribution >= 4 is 0 Å². The highest BCUT2D eigenvalue weighted by molar-refractivity contribution is 5.18. The number of likely N-dealkylation sites (N-methyl/N-ethyl adjacent to an activating group) is 1. The van der Waals surface area contributed by atoms with Crippen molar-refractivity contribution in [2.24, 2.45) is 5.92 Å². The van der Waals surface area contributed by atoms with E-state index in [0.29, 0.717) is 12.0 Å². The van der Waals surface area contributed by atoms with Gasteiger partial charge in [0.1, 0.15) is 0 Å². The van der Waals surface area contributed by atoms with E-state index in [-0.39, 0.29) is 6.04 Å². The lowest BCUT2D eigenvalue weighted by atomic mass is 9.98. The third-order valence-electron chi connectivity index (χ3n) is 3.85. The Bertz CT molecular complexity index is 323. The first-order valence-corrected chi connectivity index (χ1v) is 6.40. The summed E-state index contributed by atoms with van der Waals surface area (Å²) < 4.78 is 0. The van der Waals surface area contributed by atoms with Crippen molar-refractivity contribution in [3.05, 3.63) is 35.9 Å². The molecule has 0 heterocycles. The Morgan fingerprint density at radius 3 is 1.94 bits per heavy atom. The van der Waals surface area contributed by atoms with Gasteiger partial charge in [-0.3, -0.25) is 4.90 Å². The van der Waals surface area contributed by atoms with Gasteiger partial charge in [0.2, 0.25) is 0 Å². The van der Waals surface area contributed by atoms with Gasteiger partial charge in [-0.05, 0) is 32.4 Å². The zero-order valence-corrected chi connectivity index (χ0v) is 11.6. The van der Waals surface area contributed by atoms with Crippen LogP contribution in [0.4, 0.5) is 0 Å². The fourth-order valence-electron chi connectivity index (χ4n) is 1.99. The first-order chi connectivity index (χ1) is 7.95. The lowest BCUT2D eigenvalue weighted by Gasteiger charge is -2.35. The minimum atomic E-state index is -0.428. The van der Waals surface area contributed by atoms with Gasteiger partial charge in [0, 0.05) is 12.1 Å². The summed E-state index contributed by atoms with van der Waals surface area (Å²) in [5.74, 6) is 0.588. The Morgan fingerprint density at radius 1 is 0.941 bits per heavy atom. The number of rotatable bonds is 5. The highest BCUT2D eigenvalue weighted by Gasteiger charge is 2.24. The third-order valence-corrected chi connectivity index (χ3v) is 3.85. The minimum Gasteiger partial charge on any atom is -0.387 e. The first kappa shape index (κ1) is 14.2. The molecule has 0 spiro atoms. The maximum atomic E-state index is 10.3. The molecule has 0 aromatic heterocycles. The van der Waals surface area contributed by atoms with Crippen molar-refractivity contribution in [1.29, 1.82) is 0 Å². The second-order valence-electron chi connectivity index (χ2n) is 5.25. The molecule has 96 valence electrons. The SMILES string of the molecule is CC(C)C(C)N(C)C(C)C(O)c1ccccc1. The second-order valence-corrected chi connectivity index (χ2v) is 5.25. The minimum absolute atomic E-state index is 0.120. The van der Waals surface area contributed by atoms with Crippen molar-refractivity contribution in [2.75, 3.05) is 7.05 Å². The van der Waals surface area contributed by atoms with Gasteiger partial charge in [-0.15, -0.1) is 0 Å². The second kappa shape index (κ2) is 6.18. The van der Waals surface area contributed by atoms with E-state index in [1.54, 1.807) is 0 Å². The molecule has 2 heteroatoms. The summed E-state index contributed by atoms with van der Waals surface area (Å²) in [6, 6.07) is 10.5. The Hall–Kier alpha value is -0.860. The predicted octanol–water partition coefficient (Wildman–Crippen LogP) is 3.08. The molecule has 0 bridgehead atoms. The average Bonchev–Trinajstić information content (AvgIpc) is 2.36. The normalized spacial score (nSPS) is 17.2. The van der Waals surface area contributed by atoms with E-state index in [2.05, 4.69) is 39.6 Å². The van der Waals surface area contributed by atoms with Gasteiger partial charge >= 0.3 is 0 Å². The molecular weight excluding hydrogens is 210 g/mol. The van der Waals surface area contributed by atoms with Crippen LogP contribution in [0.2, 0.25) is 0 Å². The van der Waals surface area contributed by atoms with Gasteiger partial charge in [-0.25, -0.2) is 0 Å². The molecule has 3 unspecified atom stereocenters. The standard InChI is InChI=1S/C15H25NO/c1-11(2)12(3)16(5)13(4)15(17)14-9-7-6-8-10-14/h6-13,15,17H,1-5H3. The fourth-order valence-corrected chi connectivity index (χ4v) is 1.99. The maximum absolute atomic E-state index is 10.3. The largest absolute Gasteiger partial charge is 0.387 e. The van der Waals surface area contributed by atoms with E-state index < -0.39 is 6.10 Å². The van der Waals surface area contributed by atoms with Crippen molar-refractivity contribution in [1.82, 2.24) is 4.90 Å². The van der Waals surface area contributed by atoms with Crippen LogP contribution in [0.3, 0.4) is 0 Å². The molecule has 1 aromatic rings. The molecule has 0 radical (unpaired) electrons. The predicted molar refractivity (Wildman–Crippen MR) is 72.9 cm³/mol. The van der Waals surface area contributed by atoms with E-state index in [0.717, 1.165) is 5.56 Å². The molecule has 0 aliphatic heterocycles. The summed E-state index contributed by atoms with van der Waals surface area (Å²) >= 11 is 0. The highest BCUT2D eigenvalue weighted by Crippen LogP contribution is 2.22. The number of benzene rings is 1. The molecule has 17 heavy (non-hydrogen) atoms. The van der Waals surface area contributed by atoms with E-state index in [4.69, 9.17) is 0 Å². The van der Waals surface area contributed by atoms with E-state index in [1.807, 2.05) is 30.3 Å². The molecule has 1 N–H and O–H groups in total. The maximum Gasteiger partial charge on any atom is 0.0942 e. The van der Waals surface area contributed by atoms with Crippen LogP contribution >= 0.6 is 0 Å². The van der Waals surface area contributed by atoms with Crippen LogP contribution in [0.1, 0.15) is 39.4 Å². The summed E-state index contributed by atoms with van der Waals surface area (Å²) in [4.78, 5) is 2.25. The van der Waals surface area contributed by atoms with Gasteiger partial charge in [0.15, 0.2) is 0 Å². The van der Waals surface area contributed by atoms with Gasteiger partial charge in [0.25, 0.3) is 0 Å². The highest BCUT2D eigenvalue weighted by atomic mass is 16.3. The van der Waals surface area contributed by atoms with Crippen LogP contribution < -0.4 is 0 Å². The van der Waals surface area contributed by atoms with Gasteiger partial charge in [0.05, 0.1) is 6.10 Å². The average molecular weight is 235 g/mol. The van der Waals surface area contributed by atoms with Crippen LogP contribution in [-0.4, -0.2) is 29.1 Å². The molecule has 0 aliphatic rings. The monoisotopic (exact) mass is 235 g/mol. The van der Waals surface area contributed by atoms with Crippen molar-refractivity contribution in [3.8, 4) is 0 Å². The van der Waals surface area contributed by atoms with Gasteiger partial charge in [-0.1, -0.05) is 44.2 Å². The molecule has 0 saturated heterocycles. The van der Waals surface area contributed by atoms with E-state index in [1.165, 1.54) is 0 Å². The Labute approximate surface area is 105 Å². The fraction of sp³-hybridized carbons (Fsp3) is 0.600. The van der Waals surface area contributed by atoms with Crippen molar-refractivity contribution in [2.45, 2.75) is 45.9 Å². The molecule has 3 atom stereocenters. The number of nitrogens with zero attached hydrogens (tertiary/aromatic N) is 1. The summed E-state index contributed by atoms with van der Waals surface area (Å²) in [5, 5.41) is 10.3. The summed E-state index contributed by atoms with van der Waals surface area (Å²) in [6.07, 6.45) is -0.428. The Balaban J connectivity index is 2.73. The van der Waals surface area contributed by atoms with Crippen LogP contribution in [0, 0.1) is 5.92 Å². The molecule has 0 aliphatic carbocycles. The van der Waals surface area contributed by atoms with Crippen molar-refractivity contribution < 1.29 is 5.11 Å². The molecule has 0 saturated carbocycles. The van der Waals surface area contributed by atoms with E-state index >= 15 is 0 Å². The summed E-state index contributed by atoms with van der Waals surface area (Å²) in [7, 11) is 2.08. The zero-order chi connectivity index (χ0) is 13.0. The zero-order valence-electron chi connectivity index (χ0n) is 11.6. The lowest BCUT2D eigenvalue weighted by molar-refractivity contribution is 0.0419. The Morgan fingerprint density at radius 2 is 1.47 bits per heavy atom. The Kier molecular flexibility index (Phi) is 5.16. The quantitative estimate of drug-likeness (QED) is 0.847. The van der Waals surface area contributed by atoms with Crippen LogP contribution in [0.25, 0.3) is 0 Å². The summed E-state index contributed by atoms with van der Waals surface area (Å²) in [6.45, 7) is 8.71. The molecule has 0 fully saturated rings. The topological polar surface area (TPSA) is 23.5 Å². The van der Waals surface area contributed by atoms with Crippen molar-refractivity contribution in [3.63, 3.8) is 0 Å². The number of hydrogen-bond acceptors (Lipinski definition) is 2. The van der Waals surface area contributed by atoms with Crippen LogP contribution in [0.5, 0.6) is 0 Å². The van der Waals surface area contributed by atoms with Crippen LogP contribution in [0.15, 0.2) is 30.3 Å². The lowest BCUT2D eigenvalue weighted by Crippen LogP contribution is -2.42. The molecule has 1 rings (SSSR count). The third kappa shape index (κ3) is 3.55. The van der Waals surface area contributed by atoms with Gasteiger partial charge < -0.3 is 5.11 Å². The molecule has 1 aromatic carbocycles. The molecule has 0 amide bonds. The first-order valence-electron chi connectivity index (χ1n) is 6.40. The number of hydrogen-bond donors (Lipinski definition) is 1.